The fourth-order valence-corrected chi connectivity index (χ4v) is 0.471. The van der Waals surface area contributed by atoms with Gasteiger partial charge in [-0.05, 0) is 0 Å². The number of rotatable bonds is 0. The summed E-state index contributed by atoms with van der Waals surface area (Å²) in [5.41, 5.74) is 0. The van der Waals surface area contributed by atoms with Gasteiger partial charge in [0, 0.05) is 0 Å². The summed E-state index contributed by atoms with van der Waals surface area (Å²) >= 11 is 0. The predicted octanol–water partition coefficient (Wildman–Crippen LogP) is -7.28. The van der Waals surface area contributed by atoms with E-state index in [4.69, 9.17) is 0 Å². The van der Waals surface area contributed by atoms with Gasteiger partial charge in [-0.25, -0.2) is 14.4 Å². The number of carbonyl (C=O) groups excluding carboxylic acids is 9. The third kappa shape index (κ3) is 40.9. The predicted molar refractivity (Wildman–Crippen MR) is 66.6 cm³/mol. The third-order valence-corrected chi connectivity index (χ3v) is 1.000. The molecule has 0 aromatic heterocycles. The van der Waals surface area contributed by atoms with Gasteiger partial charge in [-0.1, -0.05) is 0 Å². The van der Waals surface area contributed by atoms with Gasteiger partial charge in [-0.2, -0.15) is 0 Å². The summed E-state index contributed by atoms with van der Waals surface area (Å²) < 4.78 is 18.5. The van der Waals surface area contributed by atoms with E-state index in [1.54, 1.807) is 0 Å². The Kier molecular flexibility index (Phi) is 26.9. The number of hydrogen-bond acceptors (Lipinski definition) is 21. The Hall–Kier alpha value is -3.60. The standard InChI is InChI=1S/3C3H2O7.2Bi/c3*4-1(5)9-3(8)10-2(6)7;;/h3*(H,4,5)(H,6,7);;/q;;;2*+3/p-6. The van der Waals surface area contributed by atoms with Crippen LogP contribution < -0.4 is 30.6 Å². The van der Waals surface area contributed by atoms with E-state index >= 15 is 0 Å². The molecule has 0 aliphatic rings. The van der Waals surface area contributed by atoms with Gasteiger partial charge in [-0.3, -0.25) is 0 Å². The first kappa shape index (κ1) is 38.9. The molecular weight excluding hydrogens is 862 g/mol. The maximum absolute atomic E-state index is 9.78. The zero-order valence-electron chi connectivity index (χ0n) is 14.0. The molecule has 0 aliphatic carbocycles. The molecule has 0 amide bonds. The molecule has 21 nitrogen and oxygen atoms in total. The van der Waals surface area contributed by atoms with Crippen molar-refractivity contribution in [1.82, 2.24) is 0 Å². The molecule has 0 saturated carbocycles. The Morgan fingerprint density at radius 3 is 0.469 bits per heavy atom. The van der Waals surface area contributed by atoms with Crippen molar-refractivity contribution in [3.05, 3.63) is 0 Å². The van der Waals surface area contributed by atoms with Gasteiger partial charge in [0.25, 0.3) is 36.9 Å². The van der Waals surface area contributed by atoms with Crippen molar-refractivity contribution in [3.63, 3.8) is 0 Å². The molecule has 0 bridgehead atoms. The first-order chi connectivity index (χ1) is 13.6. The van der Waals surface area contributed by atoms with Crippen molar-refractivity contribution >= 4 is 108 Å². The molecule has 0 aromatic rings. The van der Waals surface area contributed by atoms with Crippen LogP contribution in [0.2, 0.25) is 0 Å². The van der Waals surface area contributed by atoms with Crippen LogP contribution in [0.1, 0.15) is 0 Å². The zero-order chi connectivity index (χ0) is 24.4. The van der Waals surface area contributed by atoms with Crippen LogP contribution in [0.15, 0.2) is 0 Å². The van der Waals surface area contributed by atoms with Crippen LogP contribution in [0.25, 0.3) is 0 Å². The maximum Gasteiger partial charge on any atom is 3.00 e. The molecule has 0 atom stereocenters. The van der Waals surface area contributed by atoms with Gasteiger partial charge in [0.2, 0.25) is 0 Å². The van der Waals surface area contributed by atoms with E-state index < -0.39 is 55.4 Å². The first-order valence-corrected chi connectivity index (χ1v) is 5.51. The Bertz CT molecular complexity index is 561. The van der Waals surface area contributed by atoms with Gasteiger partial charge in [0.1, 0.15) is 0 Å². The molecule has 0 rings (SSSR count). The molecule has 23 heteroatoms. The van der Waals surface area contributed by atoms with E-state index in [0.29, 0.717) is 0 Å². The monoisotopic (exact) mass is 862 g/mol. The summed E-state index contributed by atoms with van der Waals surface area (Å²) in [6, 6.07) is 0. The Morgan fingerprint density at radius 2 is 0.406 bits per heavy atom. The summed E-state index contributed by atoms with van der Waals surface area (Å²) in [6.45, 7) is 0. The van der Waals surface area contributed by atoms with E-state index in [1.807, 2.05) is 0 Å². The molecule has 0 aliphatic heterocycles. The molecular formula is C9Bi2O21. The van der Waals surface area contributed by atoms with E-state index in [0.717, 1.165) is 0 Å². The van der Waals surface area contributed by atoms with Crippen molar-refractivity contribution in [1.29, 1.82) is 0 Å². The maximum atomic E-state index is 9.78. The van der Waals surface area contributed by atoms with E-state index in [-0.39, 0.29) is 52.4 Å². The van der Waals surface area contributed by atoms with Crippen LogP contribution in [0.4, 0.5) is 43.2 Å². The average molecular weight is 862 g/mol. The molecule has 32 heavy (non-hydrogen) atoms. The number of carboxylic acid groups (broad SMARTS) is 6. The number of ether oxygens (including phenoxy) is 6. The van der Waals surface area contributed by atoms with Crippen molar-refractivity contribution in [2.24, 2.45) is 0 Å². The van der Waals surface area contributed by atoms with E-state index in [9.17, 15) is 73.8 Å². The van der Waals surface area contributed by atoms with Crippen LogP contribution in [0.3, 0.4) is 0 Å². The first-order valence-electron chi connectivity index (χ1n) is 5.51. The second-order valence-corrected chi connectivity index (χ2v) is 2.86. The van der Waals surface area contributed by atoms with Gasteiger partial charge in [-0.15, -0.1) is 0 Å². The van der Waals surface area contributed by atoms with Crippen LogP contribution in [-0.4, -0.2) is 108 Å². The molecule has 0 aromatic carbocycles. The molecule has 0 N–H and O–H groups in total. The minimum absolute atomic E-state index is 0. The quantitative estimate of drug-likeness (QED) is 0.0945. The summed E-state index contributed by atoms with van der Waals surface area (Å²) in [4.78, 5) is 85.4. The van der Waals surface area contributed by atoms with Gasteiger partial charge < -0.3 is 87.8 Å². The average Bonchev–Trinajstić information content (AvgIpc) is 2.42. The SMILES string of the molecule is O=C([O-])OC(=O)OC(=O)[O-].O=C([O-])OC(=O)OC(=O)[O-].O=C([O-])OC(=O)OC(=O)[O-].[Bi+3].[Bi+3]. The minimum Gasteiger partial charge on any atom is -0.467 e. The molecule has 4 radical (unpaired) electrons. The van der Waals surface area contributed by atoms with E-state index in [2.05, 4.69) is 28.4 Å². The van der Waals surface area contributed by atoms with Gasteiger partial charge in [0.05, 0.1) is 0 Å². The van der Waals surface area contributed by atoms with E-state index in [1.165, 1.54) is 0 Å². The number of hydrogen-bond donors (Lipinski definition) is 0. The van der Waals surface area contributed by atoms with Crippen LogP contribution in [-0.2, 0) is 28.4 Å². The summed E-state index contributed by atoms with van der Waals surface area (Å²) in [5, 5.41) is 56.1. The third-order valence-electron chi connectivity index (χ3n) is 1.000. The minimum atomic E-state index is -2.20. The van der Waals surface area contributed by atoms with Gasteiger partial charge in [0.15, 0.2) is 0 Å². The number of carbonyl (C=O) groups is 9. The molecule has 172 valence electrons. The topological polar surface area (TPSA) is 347 Å². The zero-order valence-corrected chi connectivity index (χ0v) is 20.9. The van der Waals surface area contributed by atoms with Crippen molar-refractivity contribution in [2.45, 2.75) is 0 Å². The Balaban J connectivity index is -0.000000110. The summed E-state index contributed by atoms with van der Waals surface area (Å²) in [7, 11) is 0. The summed E-state index contributed by atoms with van der Waals surface area (Å²) in [6.07, 6.45) is -19.0. The van der Waals surface area contributed by atoms with Gasteiger partial charge >= 0.3 is 70.9 Å². The molecule has 0 spiro atoms. The normalized spacial score (nSPS) is 7.50. The van der Waals surface area contributed by atoms with Crippen molar-refractivity contribution in [3.8, 4) is 0 Å². The Morgan fingerprint density at radius 1 is 0.312 bits per heavy atom. The smallest absolute Gasteiger partial charge is 0.467 e. The van der Waals surface area contributed by atoms with Crippen molar-refractivity contribution in [2.75, 3.05) is 0 Å². The fourth-order valence-electron chi connectivity index (χ4n) is 0.471. The van der Waals surface area contributed by atoms with Crippen LogP contribution in [0.5, 0.6) is 0 Å². The fraction of sp³-hybridized carbons (Fsp3) is 0. The molecule has 0 saturated heterocycles. The largest absolute Gasteiger partial charge is 3.00 e. The molecule has 0 heterocycles. The van der Waals surface area contributed by atoms with Crippen LogP contribution >= 0.6 is 0 Å². The second-order valence-electron chi connectivity index (χ2n) is 2.86. The van der Waals surface area contributed by atoms with Crippen molar-refractivity contribution < 1.29 is 102 Å². The molecule has 0 fully saturated rings. The summed E-state index contributed by atoms with van der Waals surface area (Å²) in [5.74, 6) is 0. The Labute approximate surface area is 209 Å². The molecule has 0 unspecified atom stereocenters. The van der Waals surface area contributed by atoms with Crippen LogP contribution in [0, 0.1) is 0 Å². The second kappa shape index (κ2) is 22.1.